The summed E-state index contributed by atoms with van der Waals surface area (Å²) in [6.07, 6.45) is 2.40. The highest BCUT2D eigenvalue weighted by atomic mass is 15.3. The van der Waals surface area contributed by atoms with Crippen LogP contribution in [0.15, 0.2) is 12.1 Å². The molecule has 88 valence electrons. The van der Waals surface area contributed by atoms with Crippen molar-refractivity contribution >= 4 is 5.82 Å². The topological polar surface area (TPSA) is 41.0 Å². The first-order valence-corrected chi connectivity index (χ1v) is 6.08. The van der Waals surface area contributed by atoms with Crippen molar-refractivity contribution in [3.05, 3.63) is 17.8 Å². The second kappa shape index (κ2) is 5.25. The third-order valence-electron chi connectivity index (χ3n) is 3.10. The zero-order valence-electron chi connectivity index (χ0n) is 10.1. The minimum absolute atomic E-state index is 0.680. The Hall–Kier alpha value is -1.16. The highest BCUT2D eigenvalue weighted by Gasteiger charge is 2.19. The molecule has 1 fully saturated rings. The van der Waals surface area contributed by atoms with E-state index in [0.717, 1.165) is 31.1 Å². The van der Waals surface area contributed by atoms with Crippen molar-refractivity contribution in [1.29, 1.82) is 0 Å². The molecule has 1 aliphatic rings. The van der Waals surface area contributed by atoms with E-state index in [9.17, 15) is 0 Å². The number of hydrogen-bond donors (Lipinski definition) is 1. The summed E-state index contributed by atoms with van der Waals surface area (Å²) in [5, 5.41) is 11.8. The van der Waals surface area contributed by atoms with Crippen LogP contribution in [0.3, 0.4) is 0 Å². The van der Waals surface area contributed by atoms with Crippen LogP contribution >= 0.6 is 0 Å². The van der Waals surface area contributed by atoms with E-state index in [4.69, 9.17) is 0 Å². The van der Waals surface area contributed by atoms with Crippen LogP contribution in [0.1, 0.15) is 25.5 Å². The van der Waals surface area contributed by atoms with E-state index in [1.807, 2.05) is 13.0 Å². The van der Waals surface area contributed by atoms with E-state index in [1.54, 1.807) is 0 Å². The molecule has 1 N–H and O–H groups in total. The third kappa shape index (κ3) is 2.70. The Kier molecular flexibility index (Phi) is 3.72. The molecule has 0 saturated carbocycles. The lowest BCUT2D eigenvalue weighted by atomic mass is 10.1. The molecule has 0 aromatic carbocycles. The zero-order chi connectivity index (χ0) is 11.4. The maximum absolute atomic E-state index is 4.23. The van der Waals surface area contributed by atoms with Crippen LogP contribution in [-0.2, 0) is 0 Å². The summed E-state index contributed by atoms with van der Waals surface area (Å²) in [6.45, 7) is 7.35. The van der Waals surface area contributed by atoms with E-state index >= 15 is 0 Å². The van der Waals surface area contributed by atoms with Crippen LogP contribution in [0, 0.1) is 6.92 Å². The van der Waals surface area contributed by atoms with E-state index in [-0.39, 0.29) is 0 Å². The molecule has 4 heteroatoms. The van der Waals surface area contributed by atoms with Crippen molar-refractivity contribution < 1.29 is 0 Å². The van der Waals surface area contributed by atoms with E-state index < -0.39 is 0 Å². The maximum Gasteiger partial charge on any atom is 0.151 e. The van der Waals surface area contributed by atoms with E-state index in [1.165, 1.54) is 12.8 Å². The summed E-state index contributed by atoms with van der Waals surface area (Å²) in [6, 6.07) is 4.77. The van der Waals surface area contributed by atoms with Crippen LogP contribution < -0.4 is 10.2 Å². The van der Waals surface area contributed by atoms with Crippen molar-refractivity contribution in [3.63, 3.8) is 0 Å². The standard InChI is InChI=1S/C12H20N4/c1-3-13-11-6-8-16(9-7-11)12-5-4-10(2)14-15-12/h4-5,11,13H,3,6-9H2,1-2H3. The molecule has 1 aromatic heterocycles. The predicted octanol–water partition coefficient (Wildman–Crippen LogP) is 1.36. The first kappa shape index (κ1) is 11.3. The molecule has 0 radical (unpaired) electrons. The Labute approximate surface area is 97.1 Å². The van der Waals surface area contributed by atoms with Gasteiger partial charge in [0.25, 0.3) is 0 Å². The Bertz CT molecular complexity index is 314. The highest BCUT2D eigenvalue weighted by Crippen LogP contribution is 2.16. The van der Waals surface area contributed by atoms with Gasteiger partial charge in [-0.05, 0) is 38.4 Å². The van der Waals surface area contributed by atoms with E-state index in [0.29, 0.717) is 6.04 Å². The van der Waals surface area contributed by atoms with Gasteiger partial charge in [-0.15, -0.1) is 5.10 Å². The molecule has 1 saturated heterocycles. The second-order valence-corrected chi connectivity index (χ2v) is 4.35. The van der Waals surface area contributed by atoms with Gasteiger partial charge in [-0.2, -0.15) is 5.10 Å². The number of aromatic nitrogens is 2. The smallest absolute Gasteiger partial charge is 0.151 e. The van der Waals surface area contributed by atoms with Gasteiger partial charge in [0.1, 0.15) is 0 Å². The number of hydrogen-bond acceptors (Lipinski definition) is 4. The van der Waals surface area contributed by atoms with Crippen molar-refractivity contribution in [1.82, 2.24) is 15.5 Å². The fraction of sp³-hybridized carbons (Fsp3) is 0.667. The average Bonchev–Trinajstić information content (AvgIpc) is 2.32. The zero-order valence-corrected chi connectivity index (χ0v) is 10.1. The number of rotatable bonds is 3. The van der Waals surface area contributed by atoms with Gasteiger partial charge in [0, 0.05) is 19.1 Å². The van der Waals surface area contributed by atoms with E-state index in [2.05, 4.69) is 33.4 Å². The quantitative estimate of drug-likeness (QED) is 0.835. The lowest BCUT2D eigenvalue weighted by molar-refractivity contribution is 0.422. The summed E-state index contributed by atoms with van der Waals surface area (Å²) in [5.74, 6) is 1.01. The summed E-state index contributed by atoms with van der Waals surface area (Å²) in [5.41, 5.74) is 0.978. The fourth-order valence-electron chi connectivity index (χ4n) is 2.16. The van der Waals surface area contributed by atoms with Crippen LogP contribution in [0.4, 0.5) is 5.82 Å². The number of anilines is 1. The molecule has 0 spiro atoms. The molecule has 1 aromatic rings. The predicted molar refractivity (Wildman–Crippen MR) is 65.7 cm³/mol. The molecule has 0 unspecified atom stereocenters. The minimum Gasteiger partial charge on any atom is -0.355 e. The maximum atomic E-state index is 4.23. The van der Waals surface area contributed by atoms with Gasteiger partial charge >= 0.3 is 0 Å². The molecule has 2 rings (SSSR count). The summed E-state index contributed by atoms with van der Waals surface area (Å²) in [7, 11) is 0. The van der Waals surface area contributed by atoms with Gasteiger partial charge < -0.3 is 10.2 Å². The lowest BCUT2D eigenvalue weighted by Gasteiger charge is -2.32. The van der Waals surface area contributed by atoms with Gasteiger partial charge in [-0.1, -0.05) is 6.92 Å². The van der Waals surface area contributed by atoms with Crippen molar-refractivity contribution in [3.8, 4) is 0 Å². The largest absolute Gasteiger partial charge is 0.355 e. The van der Waals surface area contributed by atoms with Crippen molar-refractivity contribution in [2.24, 2.45) is 0 Å². The van der Waals surface area contributed by atoms with Gasteiger partial charge in [0.15, 0.2) is 5.82 Å². The Morgan fingerprint density at radius 3 is 2.62 bits per heavy atom. The Morgan fingerprint density at radius 2 is 2.06 bits per heavy atom. The first-order valence-electron chi connectivity index (χ1n) is 6.08. The van der Waals surface area contributed by atoms with Gasteiger partial charge in [-0.3, -0.25) is 0 Å². The minimum atomic E-state index is 0.680. The summed E-state index contributed by atoms with van der Waals surface area (Å²) in [4.78, 5) is 2.32. The first-order chi connectivity index (χ1) is 7.79. The summed E-state index contributed by atoms with van der Waals surface area (Å²) >= 11 is 0. The molecule has 0 bridgehead atoms. The molecule has 0 amide bonds. The van der Waals surface area contributed by atoms with Crippen molar-refractivity contribution in [2.45, 2.75) is 32.7 Å². The number of piperidine rings is 1. The van der Waals surface area contributed by atoms with Crippen LogP contribution in [0.5, 0.6) is 0 Å². The molecule has 4 nitrogen and oxygen atoms in total. The van der Waals surface area contributed by atoms with Gasteiger partial charge in [-0.25, -0.2) is 0 Å². The molecule has 16 heavy (non-hydrogen) atoms. The molecule has 0 atom stereocenters. The number of nitrogens with zero attached hydrogens (tertiary/aromatic N) is 3. The second-order valence-electron chi connectivity index (χ2n) is 4.35. The Morgan fingerprint density at radius 1 is 1.31 bits per heavy atom. The molecule has 2 heterocycles. The lowest BCUT2D eigenvalue weighted by Crippen LogP contribution is -2.42. The Balaban J connectivity index is 1.91. The SMILES string of the molecule is CCNC1CCN(c2ccc(C)nn2)CC1. The van der Waals surface area contributed by atoms with Crippen LogP contribution in [-0.4, -0.2) is 35.9 Å². The monoisotopic (exact) mass is 220 g/mol. The molecular formula is C12H20N4. The molecular weight excluding hydrogens is 200 g/mol. The normalized spacial score (nSPS) is 17.8. The molecule has 1 aliphatic heterocycles. The van der Waals surface area contributed by atoms with Crippen molar-refractivity contribution in [2.75, 3.05) is 24.5 Å². The highest BCUT2D eigenvalue weighted by molar-refractivity contribution is 5.37. The van der Waals surface area contributed by atoms with Crippen LogP contribution in [0.25, 0.3) is 0 Å². The third-order valence-corrected chi connectivity index (χ3v) is 3.10. The van der Waals surface area contributed by atoms with Gasteiger partial charge in [0.2, 0.25) is 0 Å². The number of aryl methyl sites for hydroxylation is 1. The fourth-order valence-corrected chi connectivity index (χ4v) is 2.16. The number of nitrogens with one attached hydrogen (secondary N) is 1. The van der Waals surface area contributed by atoms with Crippen LogP contribution in [0.2, 0.25) is 0 Å². The van der Waals surface area contributed by atoms with Gasteiger partial charge in [0.05, 0.1) is 5.69 Å². The molecule has 0 aliphatic carbocycles. The summed E-state index contributed by atoms with van der Waals surface area (Å²) < 4.78 is 0. The average molecular weight is 220 g/mol.